The number of rotatable bonds is 5. The predicted octanol–water partition coefficient (Wildman–Crippen LogP) is 3.39. The highest BCUT2D eigenvalue weighted by molar-refractivity contribution is 7.11. The van der Waals surface area contributed by atoms with E-state index in [0.717, 1.165) is 30.3 Å². The highest BCUT2D eigenvalue weighted by Crippen LogP contribution is 2.41. The molecule has 4 rings (SSSR count). The third-order valence-corrected chi connectivity index (χ3v) is 4.97. The van der Waals surface area contributed by atoms with Gasteiger partial charge in [-0.3, -0.25) is 4.57 Å². The van der Waals surface area contributed by atoms with Gasteiger partial charge in [0, 0.05) is 29.1 Å². The standard InChI is InChI=1S/C16H16N4S/c1-2-4-13(5-3-1)20-11-18-19-15(20)9-8-14-10-17-16(21-14)12-6-7-12/h1-5,10-12H,6-9H2. The van der Waals surface area contributed by atoms with Crippen LogP contribution in [0.25, 0.3) is 5.69 Å². The minimum Gasteiger partial charge on any atom is -0.286 e. The molecular formula is C16H16N4S. The van der Waals surface area contributed by atoms with Crippen molar-refractivity contribution in [1.82, 2.24) is 19.7 Å². The number of aryl methyl sites for hydroxylation is 2. The molecule has 0 amide bonds. The van der Waals surface area contributed by atoms with E-state index < -0.39 is 0 Å². The first-order chi connectivity index (χ1) is 10.4. The van der Waals surface area contributed by atoms with Crippen LogP contribution < -0.4 is 0 Å². The molecule has 3 aromatic rings. The zero-order chi connectivity index (χ0) is 14.1. The fourth-order valence-corrected chi connectivity index (χ4v) is 3.51. The summed E-state index contributed by atoms with van der Waals surface area (Å²) in [5, 5.41) is 9.63. The summed E-state index contributed by atoms with van der Waals surface area (Å²) in [5.41, 5.74) is 1.11. The Morgan fingerprint density at radius 3 is 2.81 bits per heavy atom. The van der Waals surface area contributed by atoms with Crippen LogP contribution in [0.1, 0.15) is 34.5 Å². The van der Waals surface area contributed by atoms with Gasteiger partial charge in [0.25, 0.3) is 0 Å². The molecule has 0 saturated heterocycles. The van der Waals surface area contributed by atoms with Crippen molar-refractivity contribution >= 4 is 11.3 Å². The van der Waals surface area contributed by atoms with Crippen LogP contribution in [0.15, 0.2) is 42.9 Å². The van der Waals surface area contributed by atoms with E-state index in [4.69, 9.17) is 0 Å². The lowest BCUT2D eigenvalue weighted by molar-refractivity contribution is 0.827. The van der Waals surface area contributed by atoms with Gasteiger partial charge in [-0.25, -0.2) is 4.98 Å². The van der Waals surface area contributed by atoms with Gasteiger partial charge in [0.1, 0.15) is 12.2 Å². The molecule has 5 heteroatoms. The van der Waals surface area contributed by atoms with E-state index in [0.29, 0.717) is 0 Å². The minimum atomic E-state index is 0.747. The van der Waals surface area contributed by atoms with Crippen molar-refractivity contribution in [2.75, 3.05) is 0 Å². The van der Waals surface area contributed by atoms with Crippen molar-refractivity contribution in [3.8, 4) is 5.69 Å². The molecule has 1 saturated carbocycles. The molecule has 0 aliphatic heterocycles. The number of hydrogen-bond acceptors (Lipinski definition) is 4. The Hall–Kier alpha value is -2.01. The Bertz CT molecular complexity index is 728. The number of nitrogens with zero attached hydrogens (tertiary/aromatic N) is 4. The Morgan fingerprint density at radius 2 is 2.00 bits per heavy atom. The first-order valence-corrected chi connectivity index (χ1v) is 8.11. The second-order valence-corrected chi connectivity index (χ2v) is 6.54. The Kier molecular flexibility index (Phi) is 3.27. The lowest BCUT2D eigenvalue weighted by Crippen LogP contribution is -2.01. The maximum Gasteiger partial charge on any atom is 0.137 e. The summed E-state index contributed by atoms with van der Waals surface area (Å²) in [6.07, 6.45) is 8.32. The summed E-state index contributed by atoms with van der Waals surface area (Å²) in [6, 6.07) is 10.2. The lowest BCUT2D eigenvalue weighted by Gasteiger charge is -2.05. The Morgan fingerprint density at radius 1 is 1.14 bits per heavy atom. The van der Waals surface area contributed by atoms with Gasteiger partial charge in [-0.05, 0) is 31.4 Å². The molecule has 0 radical (unpaired) electrons. The van der Waals surface area contributed by atoms with E-state index in [1.54, 1.807) is 6.33 Å². The maximum absolute atomic E-state index is 4.53. The van der Waals surface area contributed by atoms with Gasteiger partial charge in [0.05, 0.1) is 5.01 Å². The zero-order valence-electron chi connectivity index (χ0n) is 11.6. The molecule has 1 aliphatic carbocycles. The highest BCUT2D eigenvalue weighted by atomic mass is 32.1. The van der Waals surface area contributed by atoms with E-state index in [1.165, 1.54) is 22.7 Å². The molecule has 21 heavy (non-hydrogen) atoms. The second-order valence-electron chi connectivity index (χ2n) is 5.39. The fraction of sp³-hybridized carbons (Fsp3) is 0.312. The Labute approximate surface area is 127 Å². The van der Waals surface area contributed by atoms with Crippen molar-refractivity contribution in [3.05, 3.63) is 58.6 Å². The third kappa shape index (κ3) is 2.74. The van der Waals surface area contributed by atoms with Crippen molar-refractivity contribution in [1.29, 1.82) is 0 Å². The van der Waals surface area contributed by atoms with E-state index in [9.17, 15) is 0 Å². The van der Waals surface area contributed by atoms with Crippen LogP contribution in [0.2, 0.25) is 0 Å². The molecule has 106 valence electrons. The third-order valence-electron chi connectivity index (χ3n) is 3.75. The molecule has 1 aliphatic rings. The molecule has 0 bridgehead atoms. The summed E-state index contributed by atoms with van der Waals surface area (Å²) in [5.74, 6) is 1.75. The smallest absolute Gasteiger partial charge is 0.137 e. The van der Waals surface area contributed by atoms with Gasteiger partial charge in [-0.1, -0.05) is 18.2 Å². The molecule has 1 fully saturated rings. The van der Waals surface area contributed by atoms with Crippen molar-refractivity contribution in [2.24, 2.45) is 0 Å². The number of aromatic nitrogens is 4. The zero-order valence-corrected chi connectivity index (χ0v) is 12.5. The number of thiazole rings is 1. The van der Waals surface area contributed by atoms with Crippen LogP contribution in [0, 0.1) is 0 Å². The largest absolute Gasteiger partial charge is 0.286 e. The van der Waals surface area contributed by atoms with Crippen LogP contribution >= 0.6 is 11.3 Å². The van der Waals surface area contributed by atoms with Gasteiger partial charge in [0.2, 0.25) is 0 Å². The van der Waals surface area contributed by atoms with Crippen LogP contribution in [0.3, 0.4) is 0 Å². The quantitative estimate of drug-likeness (QED) is 0.725. The first kappa shape index (κ1) is 12.7. The van der Waals surface area contributed by atoms with Crippen molar-refractivity contribution in [3.63, 3.8) is 0 Å². The average molecular weight is 296 g/mol. The average Bonchev–Trinajstić information content (AvgIpc) is 3.10. The molecule has 0 N–H and O–H groups in total. The van der Waals surface area contributed by atoms with Gasteiger partial charge >= 0.3 is 0 Å². The monoisotopic (exact) mass is 296 g/mol. The van der Waals surface area contributed by atoms with E-state index in [2.05, 4.69) is 31.9 Å². The van der Waals surface area contributed by atoms with E-state index in [1.807, 2.05) is 35.7 Å². The van der Waals surface area contributed by atoms with Gasteiger partial charge in [-0.15, -0.1) is 21.5 Å². The normalized spacial score (nSPS) is 14.5. The minimum absolute atomic E-state index is 0.747. The number of para-hydroxylation sites is 1. The molecule has 0 unspecified atom stereocenters. The highest BCUT2D eigenvalue weighted by Gasteiger charge is 2.26. The molecule has 0 atom stereocenters. The van der Waals surface area contributed by atoms with Crippen LogP contribution in [-0.2, 0) is 12.8 Å². The van der Waals surface area contributed by atoms with Crippen LogP contribution in [0.4, 0.5) is 0 Å². The van der Waals surface area contributed by atoms with Crippen LogP contribution in [0.5, 0.6) is 0 Å². The summed E-state index contributed by atoms with van der Waals surface area (Å²) in [4.78, 5) is 5.88. The summed E-state index contributed by atoms with van der Waals surface area (Å²) in [6.45, 7) is 0. The first-order valence-electron chi connectivity index (χ1n) is 7.29. The second kappa shape index (κ2) is 5.41. The number of hydrogen-bond donors (Lipinski definition) is 0. The topological polar surface area (TPSA) is 43.6 Å². The van der Waals surface area contributed by atoms with Gasteiger partial charge in [-0.2, -0.15) is 0 Å². The molecule has 4 nitrogen and oxygen atoms in total. The van der Waals surface area contributed by atoms with Crippen molar-refractivity contribution in [2.45, 2.75) is 31.6 Å². The summed E-state index contributed by atoms with van der Waals surface area (Å²) < 4.78 is 2.06. The molecule has 2 aromatic heterocycles. The molecule has 1 aromatic carbocycles. The van der Waals surface area contributed by atoms with Gasteiger partial charge < -0.3 is 0 Å². The molecular weight excluding hydrogens is 280 g/mol. The van der Waals surface area contributed by atoms with E-state index in [-0.39, 0.29) is 0 Å². The predicted molar refractivity (Wildman–Crippen MR) is 82.9 cm³/mol. The molecule has 2 heterocycles. The summed E-state index contributed by atoms with van der Waals surface area (Å²) in [7, 11) is 0. The fourth-order valence-electron chi connectivity index (χ4n) is 2.43. The van der Waals surface area contributed by atoms with Crippen molar-refractivity contribution < 1.29 is 0 Å². The SMILES string of the molecule is c1ccc(-n2cnnc2CCc2cnc(C3CC3)s2)cc1. The van der Waals surface area contributed by atoms with Gasteiger partial charge in [0.15, 0.2) is 0 Å². The Balaban J connectivity index is 1.48. The van der Waals surface area contributed by atoms with Crippen LogP contribution in [-0.4, -0.2) is 19.7 Å². The summed E-state index contributed by atoms with van der Waals surface area (Å²) >= 11 is 1.86. The molecule has 0 spiro atoms. The maximum atomic E-state index is 4.53. The lowest BCUT2D eigenvalue weighted by atomic mass is 10.2. The number of benzene rings is 1. The van der Waals surface area contributed by atoms with E-state index >= 15 is 0 Å².